The van der Waals surface area contributed by atoms with Gasteiger partial charge in [0.05, 0.1) is 0 Å². The first-order valence-electron chi connectivity index (χ1n) is 5.14. The van der Waals surface area contributed by atoms with E-state index >= 15 is 0 Å². The van der Waals surface area contributed by atoms with Gasteiger partial charge in [-0.3, -0.25) is 0 Å². The Morgan fingerprint density at radius 3 is 2.85 bits per heavy atom. The van der Waals surface area contributed by atoms with Crippen molar-refractivity contribution in [2.24, 2.45) is 0 Å². The van der Waals surface area contributed by atoms with E-state index in [2.05, 4.69) is 25.1 Å². The molecule has 0 spiro atoms. The molecule has 0 heterocycles. The Labute approximate surface area is 87.4 Å². The molecule has 0 bridgehead atoms. The Hall–Kier alpha value is 0.0500. The Morgan fingerprint density at radius 2 is 2.23 bits per heavy atom. The van der Waals surface area contributed by atoms with Crippen LogP contribution in [0.2, 0.25) is 0 Å². The summed E-state index contributed by atoms with van der Waals surface area (Å²) in [6.45, 7) is 7.14. The van der Waals surface area contributed by atoms with Crippen LogP contribution in [0.25, 0.3) is 0 Å². The van der Waals surface area contributed by atoms with Gasteiger partial charge in [0.1, 0.15) is 0 Å². The van der Waals surface area contributed by atoms with Gasteiger partial charge in [-0.05, 0) is 51.2 Å². The summed E-state index contributed by atoms with van der Waals surface area (Å²) in [5.74, 6) is 1.29. The van der Waals surface area contributed by atoms with Gasteiger partial charge in [-0.25, -0.2) is 0 Å². The van der Waals surface area contributed by atoms with Crippen molar-refractivity contribution in [3.8, 4) is 0 Å². The maximum Gasteiger partial charge on any atom is 0.00416 e. The molecule has 0 aliphatic heterocycles. The average Bonchev–Trinajstić information content (AvgIpc) is 2.14. The molecule has 0 aromatic heterocycles. The van der Waals surface area contributed by atoms with Crippen molar-refractivity contribution in [3.05, 3.63) is 12.7 Å². The summed E-state index contributed by atoms with van der Waals surface area (Å²) in [7, 11) is 0. The summed E-state index contributed by atoms with van der Waals surface area (Å²) in [4.78, 5) is 0. The molecule has 78 valence electrons. The van der Waals surface area contributed by atoms with Crippen LogP contribution in [-0.2, 0) is 0 Å². The number of nitrogens with one attached hydrogen (secondary N) is 1. The van der Waals surface area contributed by atoms with E-state index in [9.17, 15) is 0 Å². The first-order valence-corrected chi connectivity index (χ1v) is 6.54. The molecule has 0 saturated heterocycles. The highest BCUT2D eigenvalue weighted by Gasteiger charge is 1.97. The SMILES string of the molecule is C=CCCC(C)NCCCCSC. The van der Waals surface area contributed by atoms with Crippen LogP contribution in [0.5, 0.6) is 0 Å². The average molecular weight is 201 g/mol. The molecule has 0 saturated carbocycles. The molecule has 0 radical (unpaired) electrons. The zero-order chi connectivity index (χ0) is 9.94. The Morgan fingerprint density at radius 1 is 1.46 bits per heavy atom. The highest BCUT2D eigenvalue weighted by atomic mass is 32.2. The lowest BCUT2D eigenvalue weighted by Crippen LogP contribution is -2.26. The second-order valence-corrected chi connectivity index (χ2v) is 4.41. The maximum absolute atomic E-state index is 3.72. The number of thioether (sulfide) groups is 1. The molecule has 0 rings (SSSR count). The zero-order valence-electron chi connectivity index (χ0n) is 9.01. The Bertz CT molecular complexity index is 115. The molecule has 0 aromatic rings. The minimum Gasteiger partial charge on any atom is -0.314 e. The lowest BCUT2D eigenvalue weighted by Gasteiger charge is -2.11. The standard InChI is InChI=1S/C11H23NS/c1-4-5-8-11(2)12-9-6-7-10-13-3/h4,11-12H,1,5-10H2,2-3H3. The van der Waals surface area contributed by atoms with Gasteiger partial charge in [0.25, 0.3) is 0 Å². The Kier molecular flexibility index (Phi) is 10.2. The smallest absolute Gasteiger partial charge is 0.00416 e. The monoisotopic (exact) mass is 201 g/mol. The quantitative estimate of drug-likeness (QED) is 0.454. The second-order valence-electron chi connectivity index (χ2n) is 3.42. The highest BCUT2D eigenvalue weighted by Crippen LogP contribution is 2.00. The van der Waals surface area contributed by atoms with Gasteiger partial charge in [-0.15, -0.1) is 6.58 Å². The lowest BCUT2D eigenvalue weighted by molar-refractivity contribution is 0.508. The fourth-order valence-corrected chi connectivity index (χ4v) is 1.68. The first-order chi connectivity index (χ1) is 6.31. The lowest BCUT2D eigenvalue weighted by atomic mass is 10.2. The van der Waals surface area contributed by atoms with Crippen molar-refractivity contribution in [1.82, 2.24) is 5.32 Å². The molecule has 0 aromatic carbocycles. The highest BCUT2D eigenvalue weighted by molar-refractivity contribution is 7.98. The summed E-state index contributed by atoms with van der Waals surface area (Å²) in [5, 5.41) is 3.52. The Balaban J connectivity index is 3.07. The summed E-state index contributed by atoms with van der Waals surface area (Å²) in [5.41, 5.74) is 0. The molecule has 0 amide bonds. The topological polar surface area (TPSA) is 12.0 Å². The van der Waals surface area contributed by atoms with Gasteiger partial charge in [-0.2, -0.15) is 11.8 Å². The van der Waals surface area contributed by atoms with E-state index in [1.807, 2.05) is 17.8 Å². The number of hydrogen-bond donors (Lipinski definition) is 1. The van der Waals surface area contributed by atoms with E-state index in [4.69, 9.17) is 0 Å². The molecule has 13 heavy (non-hydrogen) atoms. The van der Waals surface area contributed by atoms with Crippen molar-refractivity contribution >= 4 is 11.8 Å². The normalized spacial score (nSPS) is 12.8. The van der Waals surface area contributed by atoms with E-state index in [0.29, 0.717) is 6.04 Å². The number of rotatable bonds is 9. The second kappa shape index (κ2) is 10.1. The summed E-state index contributed by atoms with van der Waals surface area (Å²) in [6, 6.07) is 0.646. The summed E-state index contributed by atoms with van der Waals surface area (Å²) < 4.78 is 0. The fraction of sp³-hybridized carbons (Fsp3) is 0.818. The van der Waals surface area contributed by atoms with Crippen LogP contribution in [0.4, 0.5) is 0 Å². The van der Waals surface area contributed by atoms with Gasteiger partial charge in [0, 0.05) is 6.04 Å². The third-order valence-electron chi connectivity index (χ3n) is 2.07. The molecule has 1 atom stereocenters. The minimum atomic E-state index is 0.646. The van der Waals surface area contributed by atoms with E-state index in [1.54, 1.807) is 0 Å². The zero-order valence-corrected chi connectivity index (χ0v) is 9.83. The predicted molar refractivity (Wildman–Crippen MR) is 64.5 cm³/mol. The van der Waals surface area contributed by atoms with Crippen molar-refractivity contribution in [2.75, 3.05) is 18.6 Å². The molecule has 0 fully saturated rings. The van der Waals surface area contributed by atoms with Crippen LogP contribution in [0.1, 0.15) is 32.6 Å². The van der Waals surface area contributed by atoms with E-state index in [0.717, 1.165) is 6.42 Å². The van der Waals surface area contributed by atoms with Gasteiger partial charge < -0.3 is 5.32 Å². The molecule has 1 nitrogen and oxygen atoms in total. The largest absolute Gasteiger partial charge is 0.314 e. The van der Waals surface area contributed by atoms with Crippen LogP contribution in [-0.4, -0.2) is 24.6 Å². The summed E-state index contributed by atoms with van der Waals surface area (Å²) in [6.07, 6.45) is 9.14. The fourth-order valence-electron chi connectivity index (χ4n) is 1.19. The molecule has 2 heteroatoms. The van der Waals surface area contributed by atoms with Crippen LogP contribution < -0.4 is 5.32 Å². The molecule has 1 N–H and O–H groups in total. The van der Waals surface area contributed by atoms with E-state index < -0.39 is 0 Å². The summed E-state index contributed by atoms with van der Waals surface area (Å²) >= 11 is 1.93. The van der Waals surface area contributed by atoms with Crippen LogP contribution >= 0.6 is 11.8 Å². The van der Waals surface area contributed by atoms with Crippen LogP contribution in [0, 0.1) is 0 Å². The number of allylic oxidation sites excluding steroid dienone is 1. The van der Waals surface area contributed by atoms with Gasteiger partial charge in [-0.1, -0.05) is 6.08 Å². The van der Waals surface area contributed by atoms with Crippen molar-refractivity contribution < 1.29 is 0 Å². The van der Waals surface area contributed by atoms with Gasteiger partial charge >= 0.3 is 0 Å². The third-order valence-corrected chi connectivity index (χ3v) is 2.77. The maximum atomic E-state index is 3.72. The molecular formula is C11H23NS. The third kappa shape index (κ3) is 9.97. The van der Waals surface area contributed by atoms with Crippen molar-refractivity contribution in [2.45, 2.75) is 38.6 Å². The molecule has 0 aliphatic carbocycles. The first kappa shape index (κ1) is 13.1. The van der Waals surface area contributed by atoms with Crippen molar-refractivity contribution in [1.29, 1.82) is 0 Å². The van der Waals surface area contributed by atoms with Gasteiger partial charge in [0.2, 0.25) is 0 Å². The van der Waals surface area contributed by atoms with E-state index in [-0.39, 0.29) is 0 Å². The van der Waals surface area contributed by atoms with Gasteiger partial charge in [0.15, 0.2) is 0 Å². The minimum absolute atomic E-state index is 0.646. The van der Waals surface area contributed by atoms with Crippen LogP contribution in [0.15, 0.2) is 12.7 Å². The molecule has 1 unspecified atom stereocenters. The number of unbranched alkanes of at least 4 members (excludes halogenated alkanes) is 1. The van der Waals surface area contributed by atoms with Crippen molar-refractivity contribution in [3.63, 3.8) is 0 Å². The van der Waals surface area contributed by atoms with Crippen LogP contribution in [0.3, 0.4) is 0 Å². The predicted octanol–water partition coefficient (Wildman–Crippen LogP) is 3.07. The number of hydrogen-bond acceptors (Lipinski definition) is 2. The molecule has 0 aliphatic rings. The van der Waals surface area contributed by atoms with E-state index in [1.165, 1.54) is 31.6 Å². The molecular weight excluding hydrogens is 178 g/mol.